The third-order valence-electron chi connectivity index (χ3n) is 5.24. The lowest BCUT2D eigenvalue weighted by Gasteiger charge is -2.21. The van der Waals surface area contributed by atoms with Gasteiger partial charge in [-0.25, -0.2) is 0 Å². The van der Waals surface area contributed by atoms with E-state index in [0.29, 0.717) is 19.3 Å². The van der Waals surface area contributed by atoms with E-state index >= 15 is 0 Å². The molecule has 1 aliphatic carbocycles. The van der Waals surface area contributed by atoms with Crippen molar-refractivity contribution in [3.8, 4) is 0 Å². The number of nitro groups is 2. The van der Waals surface area contributed by atoms with Crippen LogP contribution in [0.3, 0.4) is 0 Å². The van der Waals surface area contributed by atoms with Crippen molar-refractivity contribution in [2.75, 3.05) is 0 Å². The molecule has 0 aliphatic heterocycles. The van der Waals surface area contributed by atoms with Crippen molar-refractivity contribution in [1.82, 2.24) is 10.6 Å². The molecule has 2 aromatic rings. The number of hydrogen-bond acceptors (Lipinski definition) is 7. The lowest BCUT2D eigenvalue weighted by molar-refractivity contribution is -0.394. The normalized spacial score (nSPS) is 18.5. The molecule has 2 amide bonds. The van der Waals surface area contributed by atoms with Gasteiger partial charge in [-0.1, -0.05) is 30.3 Å². The Morgan fingerprint density at radius 3 is 2.19 bits per heavy atom. The highest BCUT2D eigenvalue weighted by atomic mass is 16.6. The van der Waals surface area contributed by atoms with Gasteiger partial charge in [0.2, 0.25) is 5.91 Å². The Kier molecular flexibility index (Phi) is 7.11. The van der Waals surface area contributed by atoms with Gasteiger partial charge >= 0.3 is 0 Å². The number of hydrogen-bond donors (Lipinski definition) is 3. The second-order valence-corrected chi connectivity index (χ2v) is 7.64. The summed E-state index contributed by atoms with van der Waals surface area (Å²) in [6, 6.07) is 10.3. The van der Waals surface area contributed by atoms with Gasteiger partial charge < -0.3 is 15.7 Å². The minimum atomic E-state index is -1.03. The highest BCUT2D eigenvalue weighted by Gasteiger charge is 2.29. The summed E-state index contributed by atoms with van der Waals surface area (Å²) in [7, 11) is 0. The van der Waals surface area contributed by atoms with Gasteiger partial charge in [0.25, 0.3) is 17.3 Å². The van der Waals surface area contributed by atoms with Crippen molar-refractivity contribution in [3.05, 3.63) is 79.9 Å². The molecule has 168 valence electrons. The molecule has 0 bridgehead atoms. The standard InChI is InChI=1S/C21H22N4O7/c26-18-7-6-15(11-18)22-21(28)19(8-13-4-2-1-3-5-13)23-20(27)14-9-16(24(29)30)12-17(10-14)25(31)32/h1-5,9-10,12,15,18-19,26H,6-8,11H2,(H,22,28)(H,23,27)/t15-,18+,19+/m1/s1. The topological polar surface area (TPSA) is 165 Å². The van der Waals surface area contributed by atoms with Crippen LogP contribution in [0.5, 0.6) is 0 Å². The fourth-order valence-electron chi connectivity index (χ4n) is 3.63. The predicted molar refractivity (Wildman–Crippen MR) is 113 cm³/mol. The van der Waals surface area contributed by atoms with Gasteiger partial charge in [-0.15, -0.1) is 0 Å². The van der Waals surface area contributed by atoms with Crippen LogP contribution in [0, 0.1) is 20.2 Å². The average Bonchev–Trinajstić information content (AvgIpc) is 3.17. The fraction of sp³-hybridized carbons (Fsp3) is 0.333. The molecule has 0 aromatic heterocycles. The van der Waals surface area contributed by atoms with Gasteiger partial charge in [-0.2, -0.15) is 0 Å². The molecule has 11 nitrogen and oxygen atoms in total. The number of aliphatic hydroxyl groups excluding tert-OH is 1. The van der Waals surface area contributed by atoms with Crippen molar-refractivity contribution in [2.24, 2.45) is 0 Å². The fourth-order valence-corrected chi connectivity index (χ4v) is 3.63. The summed E-state index contributed by atoms with van der Waals surface area (Å²) in [5.41, 5.74) is -0.737. The highest BCUT2D eigenvalue weighted by Crippen LogP contribution is 2.23. The SMILES string of the molecule is O=C(N[C@@H](Cc1ccccc1)C(=O)N[C@@H]1CC[C@H](O)C1)c1cc([N+](=O)[O-])cc([N+](=O)[O-])c1. The first kappa shape index (κ1) is 22.8. The van der Waals surface area contributed by atoms with Crippen LogP contribution in [-0.4, -0.2) is 45.0 Å². The molecule has 0 spiro atoms. The van der Waals surface area contributed by atoms with E-state index in [-0.39, 0.29) is 18.0 Å². The van der Waals surface area contributed by atoms with Crippen LogP contribution in [0.1, 0.15) is 35.2 Å². The second-order valence-electron chi connectivity index (χ2n) is 7.64. The first-order valence-corrected chi connectivity index (χ1v) is 10.00. The Labute approximate surface area is 182 Å². The molecule has 32 heavy (non-hydrogen) atoms. The number of carbonyl (C=O) groups is 2. The lowest BCUT2D eigenvalue weighted by atomic mass is 10.0. The zero-order chi connectivity index (χ0) is 23.3. The highest BCUT2D eigenvalue weighted by molar-refractivity contribution is 5.98. The maximum atomic E-state index is 12.9. The molecule has 1 fully saturated rings. The molecular weight excluding hydrogens is 420 g/mol. The van der Waals surface area contributed by atoms with Crippen molar-refractivity contribution in [2.45, 2.75) is 43.9 Å². The minimum Gasteiger partial charge on any atom is -0.393 e. The van der Waals surface area contributed by atoms with E-state index in [0.717, 1.165) is 23.8 Å². The molecule has 0 heterocycles. The molecule has 3 atom stereocenters. The monoisotopic (exact) mass is 442 g/mol. The number of nitro benzene ring substituents is 2. The van der Waals surface area contributed by atoms with Crippen molar-refractivity contribution in [3.63, 3.8) is 0 Å². The Hall–Kier alpha value is -3.86. The smallest absolute Gasteiger partial charge is 0.277 e. The molecule has 0 unspecified atom stereocenters. The summed E-state index contributed by atoms with van der Waals surface area (Å²) < 4.78 is 0. The third-order valence-corrected chi connectivity index (χ3v) is 5.24. The molecule has 11 heteroatoms. The largest absolute Gasteiger partial charge is 0.393 e. The number of non-ortho nitro benzene ring substituents is 2. The molecule has 2 aromatic carbocycles. The number of nitrogens with one attached hydrogen (secondary N) is 2. The van der Waals surface area contributed by atoms with Gasteiger partial charge in [0.1, 0.15) is 6.04 Å². The predicted octanol–water partition coefficient (Wildman–Crippen LogP) is 1.87. The van der Waals surface area contributed by atoms with Crippen LogP contribution in [0.4, 0.5) is 11.4 Å². The number of rotatable bonds is 8. The third kappa shape index (κ3) is 5.85. The van der Waals surface area contributed by atoms with E-state index in [1.807, 2.05) is 0 Å². The zero-order valence-corrected chi connectivity index (χ0v) is 17.0. The Morgan fingerprint density at radius 1 is 1.03 bits per heavy atom. The lowest BCUT2D eigenvalue weighted by Crippen LogP contribution is -2.50. The van der Waals surface area contributed by atoms with Gasteiger partial charge in [-0.3, -0.25) is 29.8 Å². The van der Waals surface area contributed by atoms with E-state index in [9.17, 15) is 34.9 Å². The van der Waals surface area contributed by atoms with Gasteiger partial charge in [-0.05, 0) is 24.8 Å². The average molecular weight is 442 g/mol. The molecule has 1 aliphatic rings. The van der Waals surface area contributed by atoms with E-state index in [2.05, 4.69) is 10.6 Å². The van der Waals surface area contributed by atoms with Crippen LogP contribution in [-0.2, 0) is 11.2 Å². The summed E-state index contributed by atoms with van der Waals surface area (Å²) in [6.07, 6.45) is 1.24. The molecule has 0 saturated heterocycles. The molecule has 0 radical (unpaired) electrons. The Bertz CT molecular complexity index is 996. The van der Waals surface area contributed by atoms with Crippen molar-refractivity contribution >= 4 is 23.2 Å². The first-order valence-electron chi connectivity index (χ1n) is 10.00. The van der Waals surface area contributed by atoms with E-state index in [4.69, 9.17) is 0 Å². The van der Waals surface area contributed by atoms with Crippen molar-refractivity contribution < 1.29 is 24.5 Å². The number of amides is 2. The summed E-state index contributed by atoms with van der Waals surface area (Å²) in [6.45, 7) is 0. The summed E-state index contributed by atoms with van der Waals surface area (Å²) in [4.78, 5) is 46.3. The van der Waals surface area contributed by atoms with Crippen LogP contribution in [0.2, 0.25) is 0 Å². The number of nitrogens with zero attached hydrogens (tertiary/aromatic N) is 2. The minimum absolute atomic E-state index is 0.144. The number of benzene rings is 2. The Morgan fingerprint density at radius 2 is 1.66 bits per heavy atom. The van der Waals surface area contributed by atoms with Gasteiger partial charge in [0.15, 0.2) is 0 Å². The van der Waals surface area contributed by atoms with E-state index in [1.165, 1.54) is 0 Å². The van der Waals surface area contributed by atoms with Crippen molar-refractivity contribution in [1.29, 1.82) is 0 Å². The van der Waals surface area contributed by atoms with E-state index < -0.39 is 45.2 Å². The van der Waals surface area contributed by atoms with Crippen LogP contribution < -0.4 is 10.6 Å². The molecule has 1 saturated carbocycles. The molecule has 3 N–H and O–H groups in total. The first-order chi connectivity index (χ1) is 15.2. The number of aliphatic hydroxyl groups is 1. The Balaban J connectivity index is 1.83. The van der Waals surface area contributed by atoms with Gasteiger partial charge in [0.05, 0.1) is 27.6 Å². The summed E-state index contributed by atoms with van der Waals surface area (Å²) in [5.74, 6) is -1.32. The van der Waals surface area contributed by atoms with Crippen LogP contribution >= 0.6 is 0 Å². The molecule has 3 rings (SSSR count). The van der Waals surface area contributed by atoms with Crippen LogP contribution in [0.15, 0.2) is 48.5 Å². The van der Waals surface area contributed by atoms with Crippen LogP contribution in [0.25, 0.3) is 0 Å². The maximum Gasteiger partial charge on any atom is 0.277 e. The zero-order valence-electron chi connectivity index (χ0n) is 17.0. The van der Waals surface area contributed by atoms with E-state index in [1.54, 1.807) is 30.3 Å². The maximum absolute atomic E-state index is 12.9. The second kappa shape index (κ2) is 9.96. The van der Waals surface area contributed by atoms with Gasteiger partial charge in [0, 0.05) is 24.6 Å². The summed E-state index contributed by atoms with van der Waals surface area (Å²) in [5, 5.41) is 37.3. The number of carbonyl (C=O) groups excluding carboxylic acids is 2. The summed E-state index contributed by atoms with van der Waals surface area (Å²) >= 11 is 0. The molecular formula is C21H22N4O7. The quantitative estimate of drug-likeness (QED) is 0.415.